The van der Waals surface area contributed by atoms with Crippen molar-refractivity contribution in [1.29, 1.82) is 0 Å². The highest BCUT2D eigenvalue weighted by molar-refractivity contribution is 5.66. The molecule has 118 valence electrons. The van der Waals surface area contributed by atoms with Crippen molar-refractivity contribution in [1.82, 2.24) is 14.3 Å². The van der Waals surface area contributed by atoms with E-state index < -0.39 is 5.97 Å². The number of pyridine rings is 1. The molecule has 1 N–H and O–H groups in total. The zero-order valence-corrected chi connectivity index (χ0v) is 13.0. The van der Waals surface area contributed by atoms with Crippen molar-refractivity contribution >= 4 is 11.6 Å². The third-order valence-electron chi connectivity index (χ3n) is 4.61. The third kappa shape index (κ3) is 3.47. The minimum atomic E-state index is -0.678. The molecule has 2 aromatic rings. The lowest BCUT2D eigenvalue weighted by atomic mass is 9.92. The molecule has 22 heavy (non-hydrogen) atoms. The van der Waals surface area contributed by atoms with Gasteiger partial charge in [0.15, 0.2) is 0 Å². The molecule has 5 heteroatoms. The van der Waals surface area contributed by atoms with E-state index in [9.17, 15) is 4.79 Å². The zero-order valence-electron chi connectivity index (χ0n) is 13.0. The number of carbonyl (C=O) groups is 1. The fraction of sp³-hybridized carbons (Fsp3) is 0.529. The van der Waals surface area contributed by atoms with E-state index in [1.807, 2.05) is 12.1 Å². The second-order valence-electron chi connectivity index (χ2n) is 6.28. The van der Waals surface area contributed by atoms with Crippen molar-refractivity contribution in [2.75, 3.05) is 13.1 Å². The van der Waals surface area contributed by atoms with Crippen molar-refractivity contribution in [3.63, 3.8) is 0 Å². The number of likely N-dealkylation sites (tertiary alicyclic amines) is 1. The van der Waals surface area contributed by atoms with Crippen LogP contribution in [-0.4, -0.2) is 38.4 Å². The normalized spacial score (nSPS) is 17.1. The van der Waals surface area contributed by atoms with Gasteiger partial charge in [0.1, 0.15) is 5.65 Å². The predicted molar refractivity (Wildman–Crippen MR) is 84.8 cm³/mol. The Kier molecular flexibility index (Phi) is 4.43. The molecule has 3 heterocycles. The average molecular weight is 301 g/mol. The van der Waals surface area contributed by atoms with Crippen LogP contribution in [0.5, 0.6) is 0 Å². The summed E-state index contributed by atoms with van der Waals surface area (Å²) in [6.07, 6.45) is 5.44. The first-order chi connectivity index (χ1) is 10.6. The summed E-state index contributed by atoms with van der Waals surface area (Å²) in [4.78, 5) is 17.8. The summed E-state index contributed by atoms with van der Waals surface area (Å²) in [7, 11) is 0. The largest absolute Gasteiger partial charge is 0.481 e. The average Bonchev–Trinajstić information content (AvgIpc) is 2.90. The summed E-state index contributed by atoms with van der Waals surface area (Å²) in [5, 5.41) is 8.76. The van der Waals surface area contributed by atoms with E-state index in [0.717, 1.165) is 50.2 Å². The number of carboxylic acid groups (broad SMARTS) is 1. The topological polar surface area (TPSA) is 57.8 Å². The maximum atomic E-state index is 10.6. The second-order valence-corrected chi connectivity index (χ2v) is 6.28. The molecule has 5 nitrogen and oxygen atoms in total. The van der Waals surface area contributed by atoms with Gasteiger partial charge >= 0.3 is 5.97 Å². The number of piperidine rings is 1. The van der Waals surface area contributed by atoms with Gasteiger partial charge in [-0.05, 0) is 57.3 Å². The van der Waals surface area contributed by atoms with E-state index in [0.29, 0.717) is 12.3 Å². The van der Waals surface area contributed by atoms with E-state index >= 15 is 0 Å². The molecule has 0 unspecified atom stereocenters. The van der Waals surface area contributed by atoms with Crippen molar-refractivity contribution in [3.05, 3.63) is 35.8 Å². The van der Waals surface area contributed by atoms with Gasteiger partial charge in [0.2, 0.25) is 0 Å². The summed E-state index contributed by atoms with van der Waals surface area (Å²) in [6.45, 7) is 5.05. The molecule has 0 radical (unpaired) electrons. The Morgan fingerprint density at radius 2 is 2.14 bits per heavy atom. The number of fused-ring (bicyclic) bond motifs is 1. The van der Waals surface area contributed by atoms with E-state index in [1.165, 1.54) is 5.69 Å². The van der Waals surface area contributed by atoms with Crippen LogP contribution >= 0.6 is 0 Å². The Morgan fingerprint density at radius 1 is 1.36 bits per heavy atom. The van der Waals surface area contributed by atoms with E-state index in [-0.39, 0.29) is 0 Å². The monoisotopic (exact) mass is 301 g/mol. The summed E-state index contributed by atoms with van der Waals surface area (Å²) in [5.41, 5.74) is 3.31. The van der Waals surface area contributed by atoms with Crippen LogP contribution in [-0.2, 0) is 11.3 Å². The highest BCUT2D eigenvalue weighted by atomic mass is 16.4. The number of aryl methyl sites for hydroxylation is 1. The summed E-state index contributed by atoms with van der Waals surface area (Å²) in [5.74, 6) is -0.113. The van der Waals surface area contributed by atoms with Crippen LogP contribution in [0.25, 0.3) is 5.65 Å². The van der Waals surface area contributed by atoms with Gasteiger partial charge in [-0.25, -0.2) is 4.98 Å². The number of nitrogens with zero attached hydrogens (tertiary/aromatic N) is 3. The quantitative estimate of drug-likeness (QED) is 0.922. The zero-order chi connectivity index (χ0) is 15.5. The van der Waals surface area contributed by atoms with Crippen LogP contribution in [0.3, 0.4) is 0 Å². The number of carboxylic acids is 1. The Balaban J connectivity index is 1.55. The molecule has 1 aliphatic rings. The fourth-order valence-corrected chi connectivity index (χ4v) is 3.26. The lowest BCUT2D eigenvalue weighted by Gasteiger charge is -2.31. The van der Waals surface area contributed by atoms with E-state index in [4.69, 9.17) is 5.11 Å². The predicted octanol–water partition coefficient (Wildman–Crippen LogP) is 2.72. The Bertz CT molecular complexity index is 657. The first-order valence-electron chi connectivity index (χ1n) is 7.99. The molecule has 0 saturated carbocycles. The first kappa shape index (κ1) is 15.0. The van der Waals surface area contributed by atoms with Gasteiger partial charge < -0.3 is 9.51 Å². The number of aromatic nitrogens is 2. The fourth-order valence-electron chi connectivity index (χ4n) is 3.26. The smallest absolute Gasteiger partial charge is 0.303 e. The van der Waals surface area contributed by atoms with Crippen LogP contribution in [0.1, 0.15) is 37.1 Å². The van der Waals surface area contributed by atoms with Gasteiger partial charge in [0.25, 0.3) is 0 Å². The van der Waals surface area contributed by atoms with E-state index in [1.54, 1.807) is 0 Å². The SMILES string of the molecule is Cc1cccc2nc(CN3CCC(CCC(=O)O)CC3)cn12. The van der Waals surface area contributed by atoms with Crippen molar-refractivity contribution < 1.29 is 9.90 Å². The summed E-state index contributed by atoms with van der Waals surface area (Å²) in [6, 6.07) is 6.16. The van der Waals surface area contributed by atoms with Gasteiger partial charge in [0, 0.05) is 24.9 Å². The Morgan fingerprint density at radius 3 is 2.82 bits per heavy atom. The highest BCUT2D eigenvalue weighted by Crippen LogP contribution is 2.23. The Hall–Kier alpha value is -1.88. The maximum absolute atomic E-state index is 10.6. The van der Waals surface area contributed by atoms with Crippen LogP contribution in [0.2, 0.25) is 0 Å². The van der Waals surface area contributed by atoms with Crippen LogP contribution in [0.4, 0.5) is 0 Å². The van der Waals surface area contributed by atoms with Crippen LogP contribution in [0, 0.1) is 12.8 Å². The maximum Gasteiger partial charge on any atom is 0.303 e. The Labute approximate surface area is 130 Å². The molecule has 0 bridgehead atoms. The van der Waals surface area contributed by atoms with Gasteiger partial charge in [-0.15, -0.1) is 0 Å². The first-order valence-corrected chi connectivity index (χ1v) is 7.99. The van der Waals surface area contributed by atoms with E-state index in [2.05, 4.69) is 33.5 Å². The molecule has 0 amide bonds. The minimum absolute atomic E-state index is 0.302. The molecule has 0 spiro atoms. The van der Waals surface area contributed by atoms with Crippen LogP contribution < -0.4 is 0 Å². The lowest BCUT2D eigenvalue weighted by Crippen LogP contribution is -2.33. The molecule has 2 aromatic heterocycles. The van der Waals surface area contributed by atoms with Gasteiger partial charge in [-0.2, -0.15) is 0 Å². The molecule has 0 atom stereocenters. The number of hydrogen-bond donors (Lipinski definition) is 1. The number of rotatable bonds is 5. The second kappa shape index (κ2) is 6.48. The van der Waals surface area contributed by atoms with Gasteiger partial charge in [-0.1, -0.05) is 6.07 Å². The molecular formula is C17H23N3O2. The van der Waals surface area contributed by atoms with Crippen LogP contribution in [0.15, 0.2) is 24.4 Å². The molecule has 0 aliphatic carbocycles. The number of aliphatic carboxylic acids is 1. The number of imidazole rings is 1. The van der Waals surface area contributed by atoms with Crippen molar-refractivity contribution in [2.24, 2.45) is 5.92 Å². The third-order valence-corrected chi connectivity index (χ3v) is 4.61. The lowest BCUT2D eigenvalue weighted by molar-refractivity contribution is -0.137. The molecule has 0 aromatic carbocycles. The van der Waals surface area contributed by atoms with Crippen molar-refractivity contribution in [3.8, 4) is 0 Å². The molecule has 1 saturated heterocycles. The highest BCUT2D eigenvalue weighted by Gasteiger charge is 2.20. The molecule has 1 aliphatic heterocycles. The minimum Gasteiger partial charge on any atom is -0.481 e. The van der Waals surface area contributed by atoms with Gasteiger partial charge in [-0.3, -0.25) is 9.69 Å². The molecular weight excluding hydrogens is 278 g/mol. The van der Waals surface area contributed by atoms with Gasteiger partial charge in [0.05, 0.1) is 5.69 Å². The number of hydrogen-bond acceptors (Lipinski definition) is 3. The molecule has 3 rings (SSSR count). The molecule has 1 fully saturated rings. The summed E-state index contributed by atoms with van der Waals surface area (Å²) >= 11 is 0. The standard InChI is InChI=1S/C17H23N3O2/c1-13-3-2-4-16-18-15(12-20(13)16)11-19-9-7-14(8-10-19)5-6-17(21)22/h2-4,12,14H,5-11H2,1H3,(H,21,22). The van der Waals surface area contributed by atoms with Crippen molar-refractivity contribution in [2.45, 2.75) is 39.2 Å². The summed E-state index contributed by atoms with van der Waals surface area (Å²) < 4.78 is 2.13.